The predicted octanol–water partition coefficient (Wildman–Crippen LogP) is 1.49. The van der Waals surface area contributed by atoms with E-state index in [-0.39, 0.29) is 25.0 Å². The summed E-state index contributed by atoms with van der Waals surface area (Å²) in [7, 11) is 0. The molecule has 0 bridgehead atoms. The first-order chi connectivity index (χ1) is 7.61. The smallest absolute Gasteiger partial charge is 0.129 e. The summed E-state index contributed by atoms with van der Waals surface area (Å²) in [5.74, 6) is -0.288. The van der Waals surface area contributed by atoms with Gasteiger partial charge in [0.1, 0.15) is 5.82 Å². The number of nitrogens with zero attached hydrogens (tertiary/aromatic N) is 1. The minimum Gasteiger partial charge on any atom is -0.395 e. The first-order valence-electron chi connectivity index (χ1n) is 5.46. The molecule has 1 aromatic rings. The number of benzene rings is 1. The van der Waals surface area contributed by atoms with E-state index in [0.29, 0.717) is 12.1 Å². The summed E-state index contributed by atoms with van der Waals surface area (Å²) in [6.07, 6.45) is 0. The van der Waals surface area contributed by atoms with Crippen LogP contribution in [0.3, 0.4) is 0 Å². The molecule has 0 aliphatic heterocycles. The van der Waals surface area contributed by atoms with Crippen LogP contribution in [0.2, 0.25) is 0 Å². The van der Waals surface area contributed by atoms with Crippen LogP contribution in [0.1, 0.15) is 19.4 Å². The summed E-state index contributed by atoms with van der Waals surface area (Å²) >= 11 is 0. The van der Waals surface area contributed by atoms with Gasteiger partial charge in [-0.25, -0.2) is 4.39 Å². The predicted molar refractivity (Wildman–Crippen MR) is 63.9 cm³/mol. The fourth-order valence-electron chi connectivity index (χ4n) is 1.78. The highest BCUT2D eigenvalue weighted by Crippen LogP contribution is 2.24. The van der Waals surface area contributed by atoms with Gasteiger partial charge >= 0.3 is 0 Å². The molecule has 0 saturated carbocycles. The third kappa shape index (κ3) is 2.71. The molecule has 0 fully saturated rings. The summed E-state index contributed by atoms with van der Waals surface area (Å²) in [5, 5.41) is 9.01. The van der Waals surface area contributed by atoms with Gasteiger partial charge in [-0.15, -0.1) is 0 Å². The first kappa shape index (κ1) is 12.9. The Morgan fingerprint density at radius 3 is 2.62 bits per heavy atom. The summed E-state index contributed by atoms with van der Waals surface area (Å²) in [5.41, 5.74) is 6.83. The maximum atomic E-state index is 13.5. The lowest BCUT2D eigenvalue weighted by Crippen LogP contribution is -2.34. The molecule has 90 valence electrons. The molecule has 0 radical (unpaired) electrons. The molecule has 0 aromatic heterocycles. The van der Waals surface area contributed by atoms with Crippen molar-refractivity contribution in [1.29, 1.82) is 0 Å². The third-order valence-corrected chi connectivity index (χ3v) is 2.57. The fraction of sp³-hybridized carbons (Fsp3) is 0.500. The van der Waals surface area contributed by atoms with Crippen molar-refractivity contribution in [2.45, 2.75) is 26.4 Å². The minimum atomic E-state index is -0.288. The highest BCUT2D eigenvalue weighted by atomic mass is 19.1. The zero-order valence-electron chi connectivity index (χ0n) is 9.78. The van der Waals surface area contributed by atoms with Gasteiger partial charge in [0.2, 0.25) is 0 Å². The Morgan fingerprint density at radius 1 is 1.44 bits per heavy atom. The van der Waals surface area contributed by atoms with Crippen LogP contribution in [0, 0.1) is 5.82 Å². The molecule has 1 aromatic carbocycles. The largest absolute Gasteiger partial charge is 0.395 e. The Morgan fingerprint density at radius 2 is 2.12 bits per heavy atom. The standard InChI is InChI=1S/C12H19FN2O/c1-9(2)15(6-7-16)12-5-3-4-11(13)10(12)8-14/h3-5,9,16H,6-8,14H2,1-2H3. The maximum Gasteiger partial charge on any atom is 0.129 e. The van der Waals surface area contributed by atoms with Crippen molar-refractivity contribution < 1.29 is 9.50 Å². The molecular formula is C12H19FN2O. The van der Waals surface area contributed by atoms with Crippen LogP contribution >= 0.6 is 0 Å². The van der Waals surface area contributed by atoms with Gasteiger partial charge in [-0.2, -0.15) is 0 Å². The molecule has 0 saturated heterocycles. The molecule has 0 aliphatic carbocycles. The van der Waals surface area contributed by atoms with Gasteiger partial charge in [0.15, 0.2) is 0 Å². The highest BCUT2D eigenvalue weighted by Gasteiger charge is 2.15. The number of aliphatic hydroxyl groups excluding tert-OH is 1. The number of rotatable bonds is 5. The van der Waals surface area contributed by atoms with Crippen molar-refractivity contribution in [3.8, 4) is 0 Å². The third-order valence-electron chi connectivity index (χ3n) is 2.57. The van der Waals surface area contributed by atoms with Gasteiger partial charge in [-0.3, -0.25) is 0 Å². The molecule has 3 N–H and O–H groups in total. The van der Waals surface area contributed by atoms with Gasteiger partial charge in [-0.05, 0) is 26.0 Å². The molecule has 0 atom stereocenters. The monoisotopic (exact) mass is 226 g/mol. The summed E-state index contributed by atoms with van der Waals surface area (Å²) in [6.45, 7) is 4.69. The van der Waals surface area contributed by atoms with Crippen LogP contribution in [-0.4, -0.2) is 24.3 Å². The lowest BCUT2D eigenvalue weighted by molar-refractivity contribution is 0.299. The van der Waals surface area contributed by atoms with Crippen molar-refractivity contribution in [2.24, 2.45) is 5.73 Å². The number of hydrogen-bond acceptors (Lipinski definition) is 3. The van der Waals surface area contributed by atoms with E-state index < -0.39 is 0 Å². The van der Waals surface area contributed by atoms with E-state index >= 15 is 0 Å². The van der Waals surface area contributed by atoms with Crippen LogP contribution < -0.4 is 10.6 Å². The van der Waals surface area contributed by atoms with Crippen molar-refractivity contribution in [2.75, 3.05) is 18.1 Å². The van der Waals surface area contributed by atoms with E-state index in [9.17, 15) is 4.39 Å². The van der Waals surface area contributed by atoms with Gasteiger partial charge < -0.3 is 15.7 Å². The van der Waals surface area contributed by atoms with E-state index in [1.165, 1.54) is 6.07 Å². The van der Waals surface area contributed by atoms with Gasteiger partial charge in [0.25, 0.3) is 0 Å². The molecule has 0 heterocycles. The molecule has 0 aliphatic rings. The Balaban J connectivity index is 3.12. The summed E-state index contributed by atoms with van der Waals surface area (Å²) in [4.78, 5) is 1.95. The van der Waals surface area contributed by atoms with Crippen molar-refractivity contribution >= 4 is 5.69 Å². The lowest BCUT2D eigenvalue weighted by atomic mass is 10.1. The Labute approximate surface area is 95.7 Å². The molecular weight excluding hydrogens is 207 g/mol. The van der Waals surface area contributed by atoms with E-state index in [1.807, 2.05) is 24.8 Å². The van der Waals surface area contributed by atoms with Crippen LogP contribution in [0.25, 0.3) is 0 Å². The van der Waals surface area contributed by atoms with E-state index in [4.69, 9.17) is 10.8 Å². The normalized spacial score (nSPS) is 10.9. The van der Waals surface area contributed by atoms with Gasteiger partial charge in [-0.1, -0.05) is 6.07 Å². The van der Waals surface area contributed by atoms with E-state index in [2.05, 4.69) is 0 Å². The topological polar surface area (TPSA) is 49.5 Å². The van der Waals surface area contributed by atoms with Crippen molar-refractivity contribution in [1.82, 2.24) is 0 Å². The second-order valence-electron chi connectivity index (χ2n) is 3.95. The van der Waals surface area contributed by atoms with Gasteiger partial charge in [0.05, 0.1) is 6.61 Å². The van der Waals surface area contributed by atoms with Crippen molar-refractivity contribution in [3.63, 3.8) is 0 Å². The number of halogens is 1. The SMILES string of the molecule is CC(C)N(CCO)c1cccc(F)c1CN. The lowest BCUT2D eigenvalue weighted by Gasteiger charge is -2.30. The quantitative estimate of drug-likeness (QED) is 0.799. The molecule has 0 amide bonds. The molecule has 16 heavy (non-hydrogen) atoms. The number of anilines is 1. The number of aliphatic hydroxyl groups is 1. The maximum absolute atomic E-state index is 13.5. The van der Waals surface area contributed by atoms with Crippen LogP contribution in [0.15, 0.2) is 18.2 Å². The second kappa shape index (κ2) is 5.82. The van der Waals surface area contributed by atoms with Crippen LogP contribution in [-0.2, 0) is 6.54 Å². The summed E-state index contributed by atoms with van der Waals surface area (Å²) < 4.78 is 13.5. The Hall–Kier alpha value is -1.13. The van der Waals surface area contributed by atoms with Crippen molar-refractivity contribution in [3.05, 3.63) is 29.6 Å². The number of nitrogens with two attached hydrogens (primary N) is 1. The first-order valence-corrected chi connectivity index (χ1v) is 5.46. The van der Waals surface area contributed by atoms with Gasteiger partial charge in [0, 0.05) is 30.4 Å². The molecule has 0 unspecified atom stereocenters. The average Bonchev–Trinajstić information content (AvgIpc) is 2.25. The fourth-order valence-corrected chi connectivity index (χ4v) is 1.78. The second-order valence-corrected chi connectivity index (χ2v) is 3.95. The molecule has 1 rings (SSSR count). The summed E-state index contributed by atoms with van der Waals surface area (Å²) in [6, 6.07) is 5.10. The zero-order chi connectivity index (χ0) is 12.1. The average molecular weight is 226 g/mol. The Bertz CT molecular complexity index is 342. The van der Waals surface area contributed by atoms with Crippen LogP contribution in [0.5, 0.6) is 0 Å². The Kier molecular flexibility index (Phi) is 4.71. The zero-order valence-corrected chi connectivity index (χ0v) is 9.78. The molecule has 4 heteroatoms. The number of hydrogen-bond donors (Lipinski definition) is 2. The minimum absolute atomic E-state index is 0.0404. The van der Waals surface area contributed by atoms with Crippen LogP contribution in [0.4, 0.5) is 10.1 Å². The van der Waals surface area contributed by atoms with E-state index in [1.54, 1.807) is 6.07 Å². The molecule has 3 nitrogen and oxygen atoms in total. The van der Waals surface area contributed by atoms with E-state index in [0.717, 1.165) is 5.69 Å². The highest BCUT2D eigenvalue weighted by molar-refractivity contribution is 5.54. The molecule has 0 spiro atoms.